The first kappa shape index (κ1) is 29.8. The van der Waals surface area contributed by atoms with E-state index in [1.165, 1.54) is 9.21 Å². The predicted molar refractivity (Wildman–Crippen MR) is 151 cm³/mol. The second-order valence-electron chi connectivity index (χ2n) is 12.1. The molecule has 0 aromatic heterocycles. The smallest absolute Gasteiger partial charge is 0.411 e. The first-order valence-electron chi connectivity index (χ1n) is 14.6. The molecule has 1 saturated heterocycles. The molecule has 4 unspecified atom stereocenters. The largest absolute Gasteiger partial charge is 0.446 e. The van der Waals surface area contributed by atoms with E-state index in [0.29, 0.717) is 23.8 Å². The van der Waals surface area contributed by atoms with E-state index < -0.39 is 28.2 Å². The van der Waals surface area contributed by atoms with Crippen molar-refractivity contribution < 1.29 is 22.7 Å². The first-order valence-corrected chi connectivity index (χ1v) is 16.2. The molecule has 3 N–H and O–H groups in total. The van der Waals surface area contributed by atoms with Crippen molar-refractivity contribution in [2.45, 2.75) is 102 Å². The minimum atomic E-state index is -3.91. The summed E-state index contributed by atoms with van der Waals surface area (Å²) in [5.41, 5.74) is 6.68. The monoisotopic (exact) mass is 562 g/mol. The van der Waals surface area contributed by atoms with Crippen molar-refractivity contribution in [3.8, 4) is 0 Å². The molecule has 1 aliphatic heterocycles. The number of carbonyl (C=O) groups excluding carboxylic acids is 2. The number of amides is 2. The summed E-state index contributed by atoms with van der Waals surface area (Å²) in [7, 11) is -3.91. The SMILES string of the molecule is CC1CCC(C(C)C)C(OC(=O)N2CCCN(S(=O)(=O)Cc3ccccc3)C2C(=O)NC2CCC(N)CC2)C1. The molecule has 4 rings (SSSR count). The zero-order valence-corrected chi connectivity index (χ0v) is 24.4. The molecule has 1 aromatic carbocycles. The van der Waals surface area contributed by atoms with E-state index >= 15 is 0 Å². The Labute approximate surface area is 233 Å². The highest BCUT2D eigenvalue weighted by molar-refractivity contribution is 7.88. The number of nitrogens with one attached hydrogen (secondary N) is 1. The molecule has 39 heavy (non-hydrogen) atoms. The standard InChI is InChI=1S/C29H46N4O5S/c1-20(2)25-15-10-21(3)18-26(25)38-29(35)32-16-7-17-33(39(36,37)19-22-8-5-4-6-9-22)28(32)27(34)31-24-13-11-23(30)12-14-24/h4-6,8-9,20-21,23-26,28H,7,10-19,30H2,1-3H3,(H,31,34). The molecule has 4 atom stereocenters. The molecule has 2 aliphatic carbocycles. The normalized spacial score (nSPS) is 30.6. The van der Waals surface area contributed by atoms with Crippen molar-refractivity contribution in [2.24, 2.45) is 23.5 Å². The number of sulfonamides is 1. The molecule has 2 saturated carbocycles. The zero-order chi connectivity index (χ0) is 28.2. The van der Waals surface area contributed by atoms with Gasteiger partial charge in [-0.05, 0) is 68.3 Å². The summed E-state index contributed by atoms with van der Waals surface area (Å²) in [6, 6.07) is 8.94. The third-order valence-electron chi connectivity index (χ3n) is 8.70. The number of carbonyl (C=O) groups is 2. The lowest BCUT2D eigenvalue weighted by atomic mass is 9.75. The van der Waals surface area contributed by atoms with Crippen molar-refractivity contribution in [3.63, 3.8) is 0 Å². The van der Waals surface area contributed by atoms with Gasteiger partial charge in [-0.15, -0.1) is 0 Å². The quantitative estimate of drug-likeness (QED) is 0.521. The molecule has 0 spiro atoms. The van der Waals surface area contributed by atoms with E-state index in [1.807, 2.05) is 6.07 Å². The Morgan fingerprint density at radius 1 is 1.05 bits per heavy atom. The number of ether oxygens (including phenoxy) is 1. The second-order valence-corrected chi connectivity index (χ2v) is 14.1. The van der Waals surface area contributed by atoms with E-state index in [4.69, 9.17) is 10.5 Å². The topological polar surface area (TPSA) is 122 Å². The maximum Gasteiger partial charge on any atom is 0.411 e. The lowest BCUT2D eigenvalue weighted by Crippen LogP contribution is -2.64. The van der Waals surface area contributed by atoms with Gasteiger partial charge < -0.3 is 15.8 Å². The summed E-state index contributed by atoms with van der Waals surface area (Å²) >= 11 is 0. The molecule has 1 aromatic rings. The molecule has 218 valence electrons. The molecule has 9 nitrogen and oxygen atoms in total. The van der Waals surface area contributed by atoms with Gasteiger partial charge in [-0.25, -0.2) is 13.2 Å². The molecule has 0 bridgehead atoms. The van der Waals surface area contributed by atoms with Crippen molar-refractivity contribution in [1.82, 2.24) is 14.5 Å². The van der Waals surface area contributed by atoms with Crippen LogP contribution in [0.15, 0.2) is 30.3 Å². The number of hydrogen-bond acceptors (Lipinski definition) is 6. The highest BCUT2D eigenvalue weighted by Crippen LogP contribution is 2.36. The Kier molecular flexibility index (Phi) is 9.93. The third-order valence-corrected chi connectivity index (χ3v) is 10.5. The molecular formula is C29H46N4O5S. The zero-order valence-electron chi connectivity index (χ0n) is 23.6. The van der Waals surface area contributed by atoms with Crippen LogP contribution < -0.4 is 11.1 Å². The number of benzene rings is 1. The van der Waals surface area contributed by atoms with Gasteiger partial charge in [0.25, 0.3) is 5.91 Å². The first-order chi connectivity index (χ1) is 18.5. The Morgan fingerprint density at radius 3 is 2.41 bits per heavy atom. The van der Waals surface area contributed by atoms with Crippen LogP contribution in [0.1, 0.15) is 77.7 Å². The third kappa shape index (κ3) is 7.52. The van der Waals surface area contributed by atoms with Gasteiger partial charge in [0.15, 0.2) is 6.17 Å². The van der Waals surface area contributed by atoms with Crippen LogP contribution in [0.2, 0.25) is 0 Å². The van der Waals surface area contributed by atoms with Crippen molar-refractivity contribution in [3.05, 3.63) is 35.9 Å². The number of rotatable bonds is 7. The molecule has 10 heteroatoms. The molecule has 3 aliphatic rings. The fourth-order valence-corrected chi connectivity index (χ4v) is 8.11. The highest BCUT2D eigenvalue weighted by Gasteiger charge is 2.46. The lowest BCUT2D eigenvalue weighted by molar-refractivity contribution is -0.133. The van der Waals surface area contributed by atoms with Crippen LogP contribution >= 0.6 is 0 Å². The van der Waals surface area contributed by atoms with Gasteiger partial charge in [-0.2, -0.15) is 4.31 Å². The average molecular weight is 563 g/mol. The Bertz CT molecular complexity index is 1070. The van der Waals surface area contributed by atoms with E-state index in [2.05, 4.69) is 26.1 Å². The minimum Gasteiger partial charge on any atom is -0.446 e. The van der Waals surface area contributed by atoms with Gasteiger partial charge in [0, 0.05) is 25.2 Å². The predicted octanol–water partition coefficient (Wildman–Crippen LogP) is 3.83. The average Bonchev–Trinajstić information content (AvgIpc) is 2.89. The minimum absolute atomic E-state index is 0.0970. The molecule has 3 fully saturated rings. The maximum atomic E-state index is 13.8. The van der Waals surface area contributed by atoms with Gasteiger partial charge >= 0.3 is 6.09 Å². The summed E-state index contributed by atoms with van der Waals surface area (Å²) in [4.78, 5) is 28.8. The summed E-state index contributed by atoms with van der Waals surface area (Å²) in [5, 5.41) is 3.05. The van der Waals surface area contributed by atoms with Crippen LogP contribution in [0.5, 0.6) is 0 Å². The molecule has 0 radical (unpaired) electrons. The molecule has 2 amide bonds. The van der Waals surface area contributed by atoms with Gasteiger partial charge in [-0.1, -0.05) is 57.5 Å². The number of hydrogen-bond donors (Lipinski definition) is 2. The van der Waals surface area contributed by atoms with Gasteiger partial charge in [-0.3, -0.25) is 9.69 Å². The number of nitrogens with zero attached hydrogens (tertiary/aromatic N) is 2. The van der Waals surface area contributed by atoms with Crippen LogP contribution in [0, 0.1) is 17.8 Å². The van der Waals surface area contributed by atoms with Crippen molar-refractivity contribution >= 4 is 22.0 Å². The van der Waals surface area contributed by atoms with Gasteiger partial charge in [0.05, 0.1) is 5.75 Å². The number of nitrogens with two attached hydrogens (primary N) is 1. The fourth-order valence-electron chi connectivity index (χ4n) is 6.41. The van der Waals surface area contributed by atoms with Crippen LogP contribution in [-0.2, 0) is 25.3 Å². The lowest BCUT2D eigenvalue weighted by Gasteiger charge is -2.43. The molecule has 1 heterocycles. The van der Waals surface area contributed by atoms with E-state index in [9.17, 15) is 18.0 Å². The highest BCUT2D eigenvalue weighted by atomic mass is 32.2. The summed E-state index contributed by atoms with van der Waals surface area (Å²) in [6.45, 7) is 6.89. The van der Waals surface area contributed by atoms with E-state index in [-0.39, 0.29) is 42.9 Å². The summed E-state index contributed by atoms with van der Waals surface area (Å²) < 4.78 is 34.7. The Balaban J connectivity index is 1.58. The molecular weight excluding hydrogens is 516 g/mol. The fraction of sp³-hybridized carbons (Fsp3) is 0.724. The van der Waals surface area contributed by atoms with E-state index in [1.54, 1.807) is 24.3 Å². The van der Waals surface area contributed by atoms with Crippen LogP contribution in [0.25, 0.3) is 0 Å². The van der Waals surface area contributed by atoms with E-state index in [0.717, 1.165) is 44.9 Å². The van der Waals surface area contributed by atoms with Crippen LogP contribution in [-0.4, -0.2) is 67.1 Å². The van der Waals surface area contributed by atoms with Crippen molar-refractivity contribution in [2.75, 3.05) is 13.1 Å². The van der Waals surface area contributed by atoms with Gasteiger partial charge in [0.2, 0.25) is 10.0 Å². The van der Waals surface area contributed by atoms with Crippen LogP contribution in [0.4, 0.5) is 4.79 Å². The van der Waals surface area contributed by atoms with Crippen LogP contribution in [0.3, 0.4) is 0 Å². The van der Waals surface area contributed by atoms with Gasteiger partial charge in [0.1, 0.15) is 6.10 Å². The maximum absolute atomic E-state index is 13.8. The Morgan fingerprint density at radius 2 is 1.74 bits per heavy atom. The second kappa shape index (κ2) is 13.0. The summed E-state index contributed by atoms with van der Waals surface area (Å²) in [5.74, 6) is 0.330. The summed E-state index contributed by atoms with van der Waals surface area (Å²) in [6.07, 6.45) is 4.22. The Hall–Kier alpha value is -2.17. The van der Waals surface area contributed by atoms with Crippen molar-refractivity contribution in [1.29, 1.82) is 0 Å².